The molecule has 9 rings (SSSR count). The Kier molecular flexibility index (Phi) is 12.8. The largest absolute Gasteiger partial charge is 0.456 e. The molecule has 0 atom stereocenters. The number of nitrogens with zero attached hydrogens (tertiary/aromatic N) is 1. The van der Waals surface area contributed by atoms with Crippen molar-refractivity contribution in [3.63, 3.8) is 0 Å². The maximum absolute atomic E-state index is 7.89. The smallest absolute Gasteiger partial charge is 0.137 e. The van der Waals surface area contributed by atoms with Gasteiger partial charge in [-0.15, -0.1) is 0 Å². The molecule has 0 amide bonds. The Labute approximate surface area is 351 Å². The van der Waals surface area contributed by atoms with E-state index >= 15 is 0 Å². The Morgan fingerprint density at radius 3 is 1.90 bits per heavy atom. The van der Waals surface area contributed by atoms with Gasteiger partial charge in [-0.1, -0.05) is 133 Å². The highest BCUT2D eigenvalue weighted by Gasteiger charge is 2.17. The molecule has 8 heteroatoms. The molecule has 0 unspecified atom stereocenters. The molecule has 60 heavy (non-hydrogen) atoms. The van der Waals surface area contributed by atoms with Gasteiger partial charge in [0.1, 0.15) is 17.0 Å². The third-order valence-electron chi connectivity index (χ3n) is 10.1. The summed E-state index contributed by atoms with van der Waals surface area (Å²) >= 11 is 0. The predicted molar refractivity (Wildman–Crippen MR) is 254 cm³/mol. The number of aryl methyl sites for hydroxylation is 1. The SMILES string of the molecule is CN(c1ccc2oc3cccc(Nc4ccccc4-c4cccc(C(=N)N)c4)c3c2c1)c1ccccc1Nc1ccccc1N.Cc1ccccc1.NCc1ccccc1. The predicted octanol–water partition coefficient (Wildman–Crippen LogP) is 12.5. The van der Waals surface area contributed by atoms with Gasteiger partial charge in [0.25, 0.3) is 0 Å². The molecule has 9 N–H and O–H groups in total. The van der Waals surface area contributed by atoms with Crippen LogP contribution in [0.15, 0.2) is 199 Å². The maximum atomic E-state index is 7.89. The van der Waals surface area contributed by atoms with Crippen LogP contribution in [0.1, 0.15) is 16.7 Å². The lowest BCUT2D eigenvalue weighted by Crippen LogP contribution is -2.11. The summed E-state index contributed by atoms with van der Waals surface area (Å²) in [5.41, 5.74) is 30.5. The third kappa shape index (κ3) is 9.65. The summed E-state index contributed by atoms with van der Waals surface area (Å²) in [4.78, 5) is 2.16. The third-order valence-corrected chi connectivity index (χ3v) is 10.1. The monoisotopic (exact) mass is 787 g/mol. The number of amidine groups is 1. The van der Waals surface area contributed by atoms with Crippen LogP contribution in [0.3, 0.4) is 0 Å². The highest BCUT2D eigenvalue weighted by Crippen LogP contribution is 2.41. The van der Waals surface area contributed by atoms with Gasteiger partial charge in [0.15, 0.2) is 0 Å². The highest BCUT2D eigenvalue weighted by molar-refractivity contribution is 6.13. The Hall–Kier alpha value is -7.81. The molecule has 298 valence electrons. The summed E-state index contributed by atoms with van der Waals surface area (Å²) in [5, 5.41) is 17.1. The average molecular weight is 788 g/mol. The minimum Gasteiger partial charge on any atom is -0.456 e. The van der Waals surface area contributed by atoms with Crippen molar-refractivity contribution in [2.45, 2.75) is 13.5 Å². The van der Waals surface area contributed by atoms with Crippen molar-refractivity contribution in [3.8, 4) is 11.1 Å². The van der Waals surface area contributed by atoms with Crippen LogP contribution in [0.5, 0.6) is 0 Å². The van der Waals surface area contributed by atoms with Crippen molar-refractivity contribution < 1.29 is 4.42 Å². The van der Waals surface area contributed by atoms with Crippen molar-refractivity contribution >= 4 is 67.6 Å². The van der Waals surface area contributed by atoms with Crippen LogP contribution in [0.25, 0.3) is 33.1 Å². The molecule has 0 radical (unpaired) electrons. The molecular weight excluding hydrogens is 739 g/mol. The first-order valence-electron chi connectivity index (χ1n) is 19.7. The second kappa shape index (κ2) is 19.1. The van der Waals surface area contributed by atoms with Crippen LogP contribution < -0.4 is 32.7 Å². The Bertz CT molecular complexity index is 2840. The minimum atomic E-state index is 0.0419. The molecule has 1 heterocycles. The van der Waals surface area contributed by atoms with E-state index < -0.39 is 0 Å². The van der Waals surface area contributed by atoms with Crippen LogP contribution in [0.4, 0.5) is 39.8 Å². The van der Waals surface area contributed by atoms with Gasteiger partial charge in [-0.3, -0.25) is 5.41 Å². The number of para-hydroxylation sites is 5. The molecule has 0 saturated heterocycles. The van der Waals surface area contributed by atoms with Crippen LogP contribution in [0.2, 0.25) is 0 Å². The average Bonchev–Trinajstić information content (AvgIpc) is 3.67. The van der Waals surface area contributed by atoms with Gasteiger partial charge in [-0.05, 0) is 84.8 Å². The first-order chi connectivity index (χ1) is 29.3. The zero-order valence-electron chi connectivity index (χ0n) is 33.8. The molecular formula is C52H49N7O. The number of hydrogen-bond acceptors (Lipinski definition) is 7. The summed E-state index contributed by atoms with van der Waals surface area (Å²) in [6, 6.07) is 64.4. The molecule has 1 aromatic heterocycles. The Morgan fingerprint density at radius 2 is 1.22 bits per heavy atom. The molecule has 0 aliphatic rings. The van der Waals surface area contributed by atoms with Crippen molar-refractivity contribution in [2.75, 3.05) is 28.3 Å². The van der Waals surface area contributed by atoms with E-state index in [1.165, 1.54) is 11.1 Å². The van der Waals surface area contributed by atoms with Crippen molar-refractivity contribution in [3.05, 3.63) is 211 Å². The van der Waals surface area contributed by atoms with Gasteiger partial charge < -0.3 is 37.2 Å². The van der Waals surface area contributed by atoms with Gasteiger partial charge in [0.2, 0.25) is 0 Å². The second-order valence-electron chi connectivity index (χ2n) is 14.3. The zero-order chi connectivity index (χ0) is 41.8. The van der Waals surface area contributed by atoms with Gasteiger partial charge in [0, 0.05) is 41.5 Å². The van der Waals surface area contributed by atoms with E-state index in [1.54, 1.807) is 0 Å². The number of benzene rings is 8. The van der Waals surface area contributed by atoms with Gasteiger partial charge in [0.05, 0.1) is 33.8 Å². The summed E-state index contributed by atoms with van der Waals surface area (Å²) in [5.74, 6) is 0.0419. The van der Waals surface area contributed by atoms with Gasteiger partial charge >= 0.3 is 0 Å². The van der Waals surface area contributed by atoms with E-state index in [0.717, 1.165) is 67.2 Å². The van der Waals surface area contributed by atoms with E-state index in [4.69, 9.17) is 27.0 Å². The fourth-order valence-electron chi connectivity index (χ4n) is 6.89. The van der Waals surface area contributed by atoms with E-state index in [9.17, 15) is 0 Å². The summed E-state index contributed by atoms with van der Waals surface area (Å²) in [7, 11) is 2.06. The number of nitrogen functional groups attached to an aromatic ring is 2. The highest BCUT2D eigenvalue weighted by atomic mass is 16.3. The Morgan fingerprint density at radius 1 is 0.600 bits per heavy atom. The summed E-state index contributed by atoms with van der Waals surface area (Å²) in [6.07, 6.45) is 0. The number of nitrogens with one attached hydrogen (secondary N) is 3. The fourth-order valence-corrected chi connectivity index (χ4v) is 6.89. The molecule has 0 spiro atoms. The van der Waals surface area contributed by atoms with E-state index in [-0.39, 0.29) is 5.84 Å². The number of hydrogen-bond donors (Lipinski definition) is 6. The number of nitrogens with two attached hydrogens (primary N) is 3. The lowest BCUT2D eigenvalue weighted by molar-refractivity contribution is 0.669. The first kappa shape index (κ1) is 40.4. The topological polar surface area (TPSA) is 142 Å². The van der Waals surface area contributed by atoms with E-state index in [1.807, 2.05) is 140 Å². The molecule has 0 saturated carbocycles. The standard InChI is InChI=1S/C38H32N6O.C7H9N.C7H8/c1-44(34-18-7-6-16-32(34)43-31-15-5-3-13-29(31)39)26-20-21-35-28(23-26)37-33(17-9-19-36(37)45-35)42-30-14-4-2-12-27(30)24-10-8-11-25(22-24)38(40)41;8-6-7-4-2-1-3-5-7;1-7-5-3-2-4-6-7/h2-23,42-43H,39H2,1H3,(H3,40,41);1-5H,6,8H2;2-6H,1H3. The summed E-state index contributed by atoms with van der Waals surface area (Å²) < 4.78 is 6.32. The molecule has 8 aromatic carbocycles. The molecule has 0 aliphatic heterocycles. The number of fused-ring (bicyclic) bond motifs is 3. The Balaban J connectivity index is 0.000000304. The lowest BCUT2D eigenvalue weighted by Gasteiger charge is -2.23. The number of rotatable bonds is 9. The quantitative estimate of drug-likeness (QED) is 0.0486. The zero-order valence-corrected chi connectivity index (χ0v) is 33.8. The van der Waals surface area contributed by atoms with Crippen LogP contribution in [-0.2, 0) is 6.54 Å². The molecule has 0 bridgehead atoms. The lowest BCUT2D eigenvalue weighted by atomic mass is 10.0. The molecule has 9 aromatic rings. The van der Waals surface area contributed by atoms with Gasteiger partial charge in [-0.2, -0.15) is 0 Å². The van der Waals surface area contributed by atoms with Crippen LogP contribution in [-0.4, -0.2) is 12.9 Å². The van der Waals surface area contributed by atoms with Gasteiger partial charge in [-0.25, -0.2) is 0 Å². The minimum absolute atomic E-state index is 0.0419. The fraction of sp³-hybridized carbons (Fsp3) is 0.0577. The summed E-state index contributed by atoms with van der Waals surface area (Å²) in [6.45, 7) is 2.72. The second-order valence-corrected chi connectivity index (χ2v) is 14.3. The van der Waals surface area contributed by atoms with Crippen LogP contribution in [0, 0.1) is 12.3 Å². The number of furan rings is 1. The van der Waals surface area contributed by atoms with Crippen molar-refractivity contribution in [1.82, 2.24) is 0 Å². The van der Waals surface area contributed by atoms with E-state index in [2.05, 4.69) is 84.1 Å². The van der Waals surface area contributed by atoms with Crippen molar-refractivity contribution in [1.29, 1.82) is 5.41 Å². The maximum Gasteiger partial charge on any atom is 0.137 e. The molecule has 0 fully saturated rings. The normalized spacial score (nSPS) is 10.5. The molecule has 0 aliphatic carbocycles. The van der Waals surface area contributed by atoms with Crippen LogP contribution >= 0.6 is 0 Å². The first-order valence-corrected chi connectivity index (χ1v) is 19.7. The van der Waals surface area contributed by atoms with Crippen molar-refractivity contribution in [2.24, 2.45) is 11.5 Å². The van der Waals surface area contributed by atoms with E-state index in [0.29, 0.717) is 17.8 Å². The number of anilines is 7. The molecule has 8 nitrogen and oxygen atoms in total.